The van der Waals surface area contributed by atoms with Crippen molar-refractivity contribution in [1.82, 2.24) is 25.2 Å². The highest BCUT2D eigenvalue weighted by Gasteiger charge is 2.30. The minimum Gasteiger partial charge on any atom is -0.355 e. The van der Waals surface area contributed by atoms with E-state index in [4.69, 9.17) is 0 Å². The van der Waals surface area contributed by atoms with Gasteiger partial charge >= 0.3 is 11.9 Å². The number of amides is 1. The molecule has 2 aromatic heterocycles. The monoisotopic (exact) mass is 347 g/mol. The van der Waals surface area contributed by atoms with Gasteiger partial charge in [0, 0.05) is 24.2 Å². The van der Waals surface area contributed by atoms with Crippen molar-refractivity contribution in [3.05, 3.63) is 33.3 Å². The summed E-state index contributed by atoms with van der Waals surface area (Å²) in [5, 5.41) is 9.88. The van der Waals surface area contributed by atoms with Gasteiger partial charge in [-0.25, -0.2) is 4.79 Å². The van der Waals surface area contributed by atoms with Gasteiger partial charge in [-0.15, -0.1) is 0 Å². The number of aryl methyl sites for hydroxylation is 1. The Labute approximate surface area is 134 Å². The first kappa shape index (κ1) is 17.8. The fourth-order valence-corrected chi connectivity index (χ4v) is 2.23. The Kier molecular flexibility index (Phi) is 5.10. The zero-order valence-electron chi connectivity index (χ0n) is 13.0. The molecule has 0 spiro atoms. The Morgan fingerprint density at radius 2 is 2.08 bits per heavy atom. The van der Waals surface area contributed by atoms with Gasteiger partial charge in [-0.3, -0.25) is 19.0 Å². The molecule has 2 rings (SSSR count). The van der Waals surface area contributed by atoms with Gasteiger partial charge in [0.25, 0.3) is 0 Å². The summed E-state index contributed by atoms with van der Waals surface area (Å²) in [4.78, 5) is 25.0. The number of carbonyl (C=O) groups excluding carboxylic acids is 1. The molecule has 2 heterocycles. The summed E-state index contributed by atoms with van der Waals surface area (Å²) in [5.74, 6) is -0.746. The van der Waals surface area contributed by atoms with Crippen LogP contribution >= 0.6 is 0 Å². The fourth-order valence-electron chi connectivity index (χ4n) is 2.23. The molecule has 0 aliphatic heterocycles. The predicted molar refractivity (Wildman–Crippen MR) is 75.3 cm³/mol. The summed E-state index contributed by atoms with van der Waals surface area (Å²) in [6.07, 6.45) is -4.19. The number of nitrogens with zero attached hydrogens (tertiary/aromatic N) is 3. The number of carbonyl (C=O) groups is 1. The third-order valence-corrected chi connectivity index (χ3v) is 3.37. The van der Waals surface area contributed by atoms with Crippen molar-refractivity contribution < 1.29 is 22.5 Å². The highest BCUT2D eigenvalue weighted by Crippen LogP contribution is 2.21. The molecule has 11 heteroatoms. The third-order valence-electron chi connectivity index (χ3n) is 3.37. The summed E-state index contributed by atoms with van der Waals surface area (Å²) in [6, 6.07) is 0. The van der Waals surface area contributed by atoms with Gasteiger partial charge in [0.1, 0.15) is 6.54 Å². The molecule has 0 saturated carbocycles. The summed E-state index contributed by atoms with van der Waals surface area (Å²) >= 11 is 0. The topological polar surface area (TPSA) is 106 Å². The van der Waals surface area contributed by atoms with Crippen LogP contribution in [0.5, 0.6) is 0 Å². The van der Waals surface area contributed by atoms with Gasteiger partial charge < -0.3 is 5.32 Å². The molecule has 0 fully saturated rings. The Morgan fingerprint density at radius 3 is 2.67 bits per heavy atom. The lowest BCUT2D eigenvalue weighted by Gasteiger charge is -2.08. The standard InChI is InChI=1S/C13H16F3N5O3/c1-7-9(8(2)21(19-7)6-13(14,15)16)5-11(22)17-4-3-10-18-12(23)24-20-10/h3-6H2,1-2H3,(H,17,22)(H,18,20,23). The van der Waals surface area contributed by atoms with Crippen molar-refractivity contribution in [3.8, 4) is 0 Å². The van der Waals surface area contributed by atoms with Gasteiger partial charge in [-0.05, 0) is 13.8 Å². The maximum absolute atomic E-state index is 12.5. The van der Waals surface area contributed by atoms with Crippen LogP contribution in [-0.4, -0.2) is 38.5 Å². The van der Waals surface area contributed by atoms with Crippen LogP contribution in [0.2, 0.25) is 0 Å². The maximum Gasteiger partial charge on any atom is 0.438 e. The quantitative estimate of drug-likeness (QED) is 0.798. The number of nitrogens with one attached hydrogen (secondary N) is 2. The molecule has 2 aromatic rings. The lowest BCUT2D eigenvalue weighted by molar-refractivity contribution is -0.143. The molecule has 0 bridgehead atoms. The van der Waals surface area contributed by atoms with Gasteiger partial charge in [-0.2, -0.15) is 18.3 Å². The molecule has 0 aliphatic carbocycles. The number of hydrogen-bond acceptors (Lipinski definition) is 5. The van der Waals surface area contributed by atoms with E-state index in [1.165, 1.54) is 6.92 Å². The number of halogens is 3. The zero-order valence-corrected chi connectivity index (χ0v) is 13.0. The van der Waals surface area contributed by atoms with Crippen LogP contribution in [0.4, 0.5) is 13.2 Å². The molecule has 0 aliphatic rings. The molecule has 8 nitrogen and oxygen atoms in total. The predicted octanol–water partition coefficient (Wildman–Crippen LogP) is 0.640. The van der Waals surface area contributed by atoms with Crippen LogP contribution in [0.3, 0.4) is 0 Å². The molecule has 0 saturated heterocycles. The number of hydrogen-bond donors (Lipinski definition) is 2. The van der Waals surface area contributed by atoms with E-state index in [0.717, 1.165) is 4.68 Å². The largest absolute Gasteiger partial charge is 0.438 e. The third kappa shape index (κ3) is 4.70. The number of aromatic nitrogens is 4. The van der Waals surface area contributed by atoms with E-state index < -0.39 is 18.5 Å². The Bertz CT molecular complexity index is 775. The van der Waals surface area contributed by atoms with Crippen LogP contribution in [0.15, 0.2) is 9.32 Å². The fraction of sp³-hybridized carbons (Fsp3) is 0.538. The van der Waals surface area contributed by atoms with Crippen LogP contribution in [0.1, 0.15) is 22.8 Å². The van der Waals surface area contributed by atoms with Crippen LogP contribution in [0, 0.1) is 13.8 Å². The van der Waals surface area contributed by atoms with Gasteiger partial charge in [-0.1, -0.05) is 5.16 Å². The second kappa shape index (κ2) is 6.89. The molecule has 0 unspecified atom stereocenters. The van der Waals surface area contributed by atoms with Crippen LogP contribution < -0.4 is 11.1 Å². The molecule has 0 radical (unpaired) electrons. The van der Waals surface area contributed by atoms with Gasteiger partial charge in [0.15, 0.2) is 5.82 Å². The second-order valence-electron chi connectivity index (χ2n) is 5.24. The summed E-state index contributed by atoms with van der Waals surface area (Å²) in [7, 11) is 0. The molecule has 0 aromatic carbocycles. The molecule has 24 heavy (non-hydrogen) atoms. The first-order valence-corrected chi connectivity index (χ1v) is 7.07. The van der Waals surface area contributed by atoms with Crippen LogP contribution in [0.25, 0.3) is 0 Å². The molecule has 2 N–H and O–H groups in total. The first-order chi connectivity index (χ1) is 11.2. The minimum absolute atomic E-state index is 0.0785. The van der Waals surface area contributed by atoms with E-state index in [-0.39, 0.29) is 25.3 Å². The van der Waals surface area contributed by atoms with Gasteiger partial charge in [0.2, 0.25) is 5.91 Å². The molecular formula is C13H16F3N5O3. The Morgan fingerprint density at radius 1 is 1.38 bits per heavy atom. The summed E-state index contributed by atoms with van der Waals surface area (Å²) in [6.45, 7) is 2.06. The van der Waals surface area contributed by atoms with Crippen molar-refractivity contribution in [3.63, 3.8) is 0 Å². The lowest BCUT2D eigenvalue weighted by Crippen LogP contribution is -2.28. The zero-order chi connectivity index (χ0) is 17.9. The van der Waals surface area contributed by atoms with E-state index in [1.807, 2.05) is 0 Å². The average molecular weight is 347 g/mol. The number of aromatic amines is 1. The van der Waals surface area contributed by atoms with Crippen molar-refractivity contribution in [1.29, 1.82) is 0 Å². The highest BCUT2D eigenvalue weighted by molar-refractivity contribution is 5.79. The van der Waals surface area contributed by atoms with E-state index in [1.54, 1.807) is 6.92 Å². The second-order valence-corrected chi connectivity index (χ2v) is 5.24. The highest BCUT2D eigenvalue weighted by atomic mass is 19.4. The van der Waals surface area contributed by atoms with E-state index in [2.05, 4.69) is 25.1 Å². The van der Waals surface area contributed by atoms with Crippen molar-refractivity contribution in [2.45, 2.75) is 39.4 Å². The number of alkyl halides is 3. The lowest BCUT2D eigenvalue weighted by atomic mass is 10.1. The smallest absolute Gasteiger partial charge is 0.355 e. The molecule has 1 amide bonds. The molecular weight excluding hydrogens is 331 g/mol. The van der Waals surface area contributed by atoms with E-state index in [9.17, 15) is 22.8 Å². The van der Waals surface area contributed by atoms with Crippen molar-refractivity contribution >= 4 is 5.91 Å². The number of rotatable bonds is 6. The molecule has 0 atom stereocenters. The van der Waals surface area contributed by atoms with Gasteiger partial charge in [0.05, 0.1) is 12.1 Å². The summed E-state index contributed by atoms with van der Waals surface area (Å²) < 4.78 is 42.6. The average Bonchev–Trinajstić information content (AvgIpc) is 2.96. The van der Waals surface area contributed by atoms with E-state index >= 15 is 0 Å². The Hall–Kier alpha value is -2.59. The summed E-state index contributed by atoms with van der Waals surface area (Å²) in [5.41, 5.74) is 1.15. The van der Waals surface area contributed by atoms with E-state index in [0.29, 0.717) is 22.8 Å². The molecule has 132 valence electrons. The SMILES string of the molecule is Cc1nn(CC(F)(F)F)c(C)c1CC(=O)NCCc1noc(=O)[nH]1. The van der Waals surface area contributed by atoms with Crippen LogP contribution in [-0.2, 0) is 24.2 Å². The minimum atomic E-state index is -4.38. The maximum atomic E-state index is 12.5. The number of H-pyrrole nitrogens is 1. The first-order valence-electron chi connectivity index (χ1n) is 7.07. The Balaban J connectivity index is 1.92. The van der Waals surface area contributed by atoms with Crippen molar-refractivity contribution in [2.24, 2.45) is 0 Å². The van der Waals surface area contributed by atoms with Crippen molar-refractivity contribution in [2.75, 3.05) is 6.54 Å². The normalized spacial score (nSPS) is 11.7.